The van der Waals surface area contributed by atoms with Gasteiger partial charge in [-0.25, -0.2) is 0 Å². The van der Waals surface area contributed by atoms with E-state index in [1.807, 2.05) is 12.1 Å². The van der Waals surface area contributed by atoms with E-state index in [0.29, 0.717) is 6.04 Å². The van der Waals surface area contributed by atoms with Crippen molar-refractivity contribution < 1.29 is 4.74 Å². The summed E-state index contributed by atoms with van der Waals surface area (Å²) < 4.78 is 6.33. The highest BCUT2D eigenvalue weighted by Crippen LogP contribution is 2.34. The van der Waals surface area contributed by atoms with E-state index in [0.717, 1.165) is 30.0 Å². The predicted octanol–water partition coefficient (Wildman–Crippen LogP) is 4.07. The maximum absolute atomic E-state index is 6.39. The van der Waals surface area contributed by atoms with E-state index >= 15 is 0 Å². The molecule has 0 saturated carbocycles. The number of hydrogen-bond acceptors (Lipinski definition) is 3. The summed E-state index contributed by atoms with van der Waals surface area (Å²) in [5, 5.41) is 5.53. The molecule has 0 amide bonds. The number of benzene rings is 1. The lowest BCUT2D eigenvalue weighted by Crippen LogP contribution is -2.26. The van der Waals surface area contributed by atoms with Crippen LogP contribution in [0.5, 0.6) is 0 Å². The molecule has 1 heterocycles. The standard InChI is InChI=1S/C14H18ClNOS/c1-10(7-8-17-2)16-9-13-14(15)11-5-3-4-6-12(11)18-13/h3-6,10,16H,7-9H2,1-2H3. The zero-order chi connectivity index (χ0) is 13.0. The summed E-state index contributed by atoms with van der Waals surface area (Å²) in [6.45, 7) is 3.78. The molecule has 0 radical (unpaired) electrons. The molecular formula is C14H18ClNOS. The van der Waals surface area contributed by atoms with Gasteiger partial charge in [0.25, 0.3) is 0 Å². The maximum Gasteiger partial charge on any atom is 0.0636 e. The summed E-state index contributed by atoms with van der Waals surface area (Å²) in [4.78, 5) is 1.21. The summed E-state index contributed by atoms with van der Waals surface area (Å²) in [5.74, 6) is 0. The summed E-state index contributed by atoms with van der Waals surface area (Å²) in [7, 11) is 1.73. The molecule has 2 nitrogen and oxygen atoms in total. The topological polar surface area (TPSA) is 21.3 Å². The first-order valence-electron chi connectivity index (χ1n) is 6.10. The molecule has 1 aromatic heterocycles. The first kappa shape index (κ1) is 13.8. The number of ether oxygens (including phenoxy) is 1. The molecule has 0 aliphatic rings. The second-order valence-electron chi connectivity index (χ2n) is 4.40. The first-order chi connectivity index (χ1) is 8.72. The summed E-state index contributed by atoms with van der Waals surface area (Å²) in [6, 6.07) is 8.70. The molecule has 1 unspecified atom stereocenters. The molecule has 0 aliphatic carbocycles. The average molecular weight is 284 g/mol. The Morgan fingerprint density at radius 3 is 2.89 bits per heavy atom. The van der Waals surface area contributed by atoms with E-state index in [4.69, 9.17) is 16.3 Å². The van der Waals surface area contributed by atoms with Crippen LogP contribution in [0.3, 0.4) is 0 Å². The lowest BCUT2D eigenvalue weighted by atomic mass is 10.2. The predicted molar refractivity (Wildman–Crippen MR) is 79.6 cm³/mol. The number of halogens is 1. The Labute approximate surface area is 117 Å². The van der Waals surface area contributed by atoms with Crippen molar-refractivity contribution in [2.45, 2.75) is 25.9 Å². The quantitative estimate of drug-likeness (QED) is 0.863. The Balaban J connectivity index is 2.01. The van der Waals surface area contributed by atoms with Crippen LogP contribution in [0.25, 0.3) is 10.1 Å². The molecule has 0 spiro atoms. The minimum absolute atomic E-state index is 0.436. The Morgan fingerprint density at radius 2 is 2.17 bits per heavy atom. The van der Waals surface area contributed by atoms with Crippen LogP contribution in [0.2, 0.25) is 5.02 Å². The third-order valence-electron chi connectivity index (χ3n) is 2.97. The van der Waals surface area contributed by atoms with Crippen molar-refractivity contribution in [2.75, 3.05) is 13.7 Å². The molecule has 4 heteroatoms. The second kappa shape index (κ2) is 6.53. The Morgan fingerprint density at radius 1 is 1.39 bits per heavy atom. The molecule has 0 saturated heterocycles. The van der Waals surface area contributed by atoms with Crippen molar-refractivity contribution in [1.29, 1.82) is 0 Å². The van der Waals surface area contributed by atoms with Crippen molar-refractivity contribution in [3.63, 3.8) is 0 Å². The minimum atomic E-state index is 0.436. The second-order valence-corrected chi connectivity index (χ2v) is 5.91. The van der Waals surface area contributed by atoms with E-state index in [1.165, 1.54) is 9.58 Å². The monoisotopic (exact) mass is 283 g/mol. The van der Waals surface area contributed by atoms with Gasteiger partial charge >= 0.3 is 0 Å². The molecular weight excluding hydrogens is 266 g/mol. The zero-order valence-corrected chi connectivity index (χ0v) is 12.3. The van der Waals surface area contributed by atoms with Crippen molar-refractivity contribution in [1.82, 2.24) is 5.32 Å². The third-order valence-corrected chi connectivity index (χ3v) is 4.68. The third kappa shape index (κ3) is 3.23. The molecule has 18 heavy (non-hydrogen) atoms. The van der Waals surface area contributed by atoms with E-state index in [1.54, 1.807) is 18.4 Å². The number of rotatable bonds is 6. The van der Waals surface area contributed by atoms with E-state index < -0.39 is 0 Å². The van der Waals surface area contributed by atoms with E-state index in [2.05, 4.69) is 24.4 Å². The van der Waals surface area contributed by atoms with Crippen LogP contribution >= 0.6 is 22.9 Å². The van der Waals surface area contributed by atoms with Gasteiger partial charge in [0.15, 0.2) is 0 Å². The molecule has 2 aromatic rings. The van der Waals surface area contributed by atoms with Gasteiger partial charge in [-0.1, -0.05) is 29.8 Å². The van der Waals surface area contributed by atoms with Gasteiger partial charge in [-0.2, -0.15) is 0 Å². The number of nitrogens with one attached hydrogen (secondary N) is 1. The SMILES string of the molecule is COCCC(C)NCc1sc2ccccc2c1Cl. The normalized spacial score (nSPS) is 13.1. The lowest BCUT2D eigenvalue weighted by Gasteiger charge is -2.12. The van der Waals surface area contributed by atoms with Gasteiger partial charge in [-0.3, -0.25) is 0 Å². The number of methoxy groups -OCH3 is 1. The van der Waals surface area contributed by atoms with Crippen LogP contribution in [0.15, 0.2) is 24.3 Å². The van der Waals surface area contributed by atoms with Crippen LogP contribution in [0.4, 0.5) is 0 Å². The highest BCUT2D eigenvalue weighted by Gasteiger charge is 2.10. The molecule has 0 aliphatic heterocycles. The van der Waals surface area contributed by atoms with Gasteiger partial charge in [0, 0.05) is 41.3 Å². The van der Waals surface area contributed by atoms with Crippen LogP contribution < -0.4 is 5.32 Å². The molecule has 1 atom stereocenters. The zero-order valence-electron chi connectivity index (χ0n) is 10.7. The summed E-state index contributed by atoms with van der Waals surface area (Å²) in [5.41, 5.74) is 0. The van der Waals surface area contributed by atoms with Crippen molar-refractivity contribution in [3.8, 4) is 0 Å². The smallest absolute Gasteiger partial charge is 0.0636 e. The van der Waals surface area contributed by atoms with Gasteiger partial charge in [0.2, 0.25) is 0 Å². The van der Waals surface area contributed by atoms with Crippen molar-refractivity contribution in [2.24, 2.45) is 0 Å². The number of hydrogen-bond donors (Lipinski definition) is 1. The highest BCUT2D eigenvalue weighted by atomic mass is 35.5. The van der Waals surface area contributed by atoms with Crippen LogP contribution in [-0.2, 0) is 11.3 Å². The molecule has 98 valence electrons. The molecule has 0 fully saturated rings. The fourth-order valence-electron chi connectivity index (χ4n) is 1.84. The molecule has 1 N–H and O–H groups in total. The molecule has 1 aromatic carbocycles. The lowest BCUT2D eigenvalue weighted by molar-refractivity contribution is 0.185. The number of thiophene rings is 1. The van der Waals surface area contributed by atoms with E-state index in [9.17, 15) is 0 Å². The van der Waals surface area contributed by atoms with Gasteiger partial charge in [-0.05, 0) is 19.4 Å². The fraction of sp³-hybridized carbons (Fsp3) is 0.429. The van der Waals surface area contributed by atoms with Crippen molar-refractivity contribution >= 4 is 33.0 Å². The van der Waals surface area contributed by atoms with Crippen LogP contribution in [0, 0.1) is 0 Å². The van der Waals surface area contributed by atoms with E-state index in [-0.39, 0.29) is 0 Å². The average Bonchev–Trinajstić information content (AvgIpc) is 2.71. The van der Waals surface area contributed by atoms with Gasteiger partial charge in [-0.15, -0.1) is 11.3 Å². The van der Waals surface area contributed by atoms with Crippen LogP contribution in [0.1, 0.15) is 18.2 Å². The largest absolute Gasteiger partial charge is 0.385 e. The Kier molecular flexibility index (Phi) is 5.01. The highest BCUT2D eigenvalue weighted by molar-refractivity contribution is 7.19. The van der Waals surface area contributed by atoms with Crippen LogP contribution in [-0.4, -0.2) is 19.8 Å². The maximum atomic E-state index is 6.39. The minimum Gasteiger partial charge on any atom is -0.385 e. The van der Waals surface area contributed by atoms with Gasteiger partial charge < -0.3 is 10.1 Å². The van der Waals surface area contributed by atoms with Gasteiger partial charge in [0.05, 0.1) is 5.02 Å². The Bertz CT molecular complexity index is 511. The number of fused-ring (bicyclic) bond motifs is 1. The Hall–Kier alpha value is -0.610. The molecule has 2 rings (SSSR count). The summed E-state index contributed by atoms with van der Waals surface area (Å²) >= 11 is 8.15. The molecule has 0 bridgehead atoms. The van der Waals surface area contributed by atoms with Gasteiger partial charge in [0.1, 0.15) is 0 Å². The first-order valence-corrected chi connectivity index (χ1v) is 7.30. The summed E-state index contributed by atoms with van der Waals surface area (Å²) in [6.07, 6.45) is 1.01. The van der Waals surface area contributed by atoms with Crippen molar-refractivity contribution in [3.05, 3.63) is 34.2 Å². The fourth-order valence-corrected chi connectivity index (χ4v) is 3.29.